The smallest absolute Gasteiger partial charge is 0.305 e. The van der Waals surface area contributed by atoms with Crippen LogP contribution in [0.3, 0.4) is 0 Å². The van der Waals surface area contributed by atoms with E-state index in [1.165, 1.54) is 12.5 Å². The van der Waals surface area contributed by atoms with Crippen LogP contribution in [0.25, 0.3) is 0 Å². The Morgan fingerprint density at radius 2 is 1.66 bits per heavy atom. The molecule has 0 saturated carbocycles. The van der Waals surface area contributed by atoms with E-state index in [2.05, 4.69) is 25.9 Å². The summed E-state index contributed by atoms with van der Waals surface area (Å²) in [7, 11) is 0. The normalized spacial score (nSPS) is 14.3. The summed E-state index contributed by atoms with van der Waals surface area (Å²) in [5, 5.41) is 24.9. The molecule has 1 aromatic rings. The lowest BCUT2D eigenvalue weighted by Gasteiger charge is -2.24. The van der Waals surface area contributed by atoms with Crippen molar-refractivity contribution in [2.75, 3.05) is 0 Å². The molecule has 0 saturated heterocycles. The number of carboxylic acid groups (broad SMARTS) is 2. The second-order valence-electron chi connectivity index (χ2n) is 8.37. The fourth-order valence-electron chi connectivity index (χ4n) is 3.09. The number of aliphatic carboxylic acids is 2. The molecule has 4 atom stereocenters. The van der Waals surface area contributed by atoms with Crippen LogP contribution in [0, 0.1) is 5.92 Å². The zero-order chi connectivity index (χ0) is 26.5. The van der Waals surface area contributed by atoms with E-state index < -0.39 is 66.7 Å². The van der Waals surface area contributed by atoms with Gasteiger partial charge in [-0.15, -0.1) is 0 Å². The summed E-state index contributed by atoms with van der Waals surface area (Å²) in [5.74, 6) is -5.00. The number of carbonyl (C=O) groups is 6. The Hall–Kier alpha value is -3.81. The first-order valence-electron chi connectivity index (χ1n) is 10.9. The summed E-state index contributed by atoms with van der Waals surface area (Å²) >= 11 is 0. The molecule has 0 aromatic carbocycles. The highest BCUT2D eigenvalue weighted by Gasteiger charge is 2.30. The fraction of sp³-hybridized carbons (Fsp3) is 0.571. The average Bonchev–Trinajstić information content (AvgIpc) is 3.27. The van der Waals surface area contributed by atoms with Gasteiger partial charge in [0.25, 0.3) is 0 Å². The summed E-state index contributed by atoms with van der Waals surface area (Å²) in [6.45, 7) is 3.64. The van der Waals surface area contributed by atoms with Crippen molar-refractivity contribution in [2.45, 2.75) is 70.1 Å². The molecule has 3 unspecified atom stereocenters. The summed E-state index contributed by atoms with van der Waals surface area (Å²) < 4.78 is 0. The first-order valence-corrected chi connectivity index (χ1v) is 10.9. The number of carboxylic acids is 2. The zero-order valence-electron chi connectivity index (χ0n) is 19.4. The van der Waals surface area contributed by atoms with Gasteiger partial charge in [0.15, 0.2) is 0 Å². The van der Waals surface area contributed by atoms with Crippen molar-refractivity contribution in [1.82, 2.24) is 31.7 Å². The molecule has 1 rings (SSSR count). The SMILES string of the molecule is CC(C)CC([NH])C(=O)NC(CCC(=O)O)C(=O)N[C@@H](Cc1cnc[nH]1)C(=O)NC(C=O)CC(=O)O. The Balaban J connectivity index is 3.05. The Labute approximate surface area is 201 Å². The number of amides is 3. The third kappa shape index (κ3) is 11.2. The van der Waals surface area contributed by atoms with Gasteiger partial charge in [0.1, 0.15) is 24.4 Å². The number of aromatic nitrogens is 2. The minimum absolute atomic E-state index is 0.0357. The molecule has 1 radical (unpaired) electrons. The number of nitrogens with zero attached hydrogens (tertiary/aromatic N) is 1. The second kappa shape index (κ2) is 14.5. The predicted octanol–water partition coefficient (Wildman–Crippen LogP) is -1.36. The summed E-state index contributed by atoms with van der Waals surface area (Å²) in [6, 6.07) is -5.19. The molecule has 0 bridgehead atoms. The van der Waals surface area contributed by atoms with Crippen LogP contribution < -0.4 is 21.7 Å². The molecule has 0 aliphatic rings. The van der Waals surface area contributed by atoms with Crippen molar-refractivity contribution in [1.29, 1.82) is 0 Å². The van der Waals surface area contributed by atoms with Crippen LogP contribution in [0.5, 0.6) is 0 Å². The van der Waals surface area contributed by atoms with E-state index in [0.29, 0.717) is 5.69 Å². The van der Waals surface area contributed by atoms with Crippen molar-refractivity contribution in [2.24, 2.45) is 5.92 Å². The van der Waals surface area contributed by atoms with Crippen LogP contribution in [0.15, 0.2) is 12.5 Å². The maximum Gasteiger partial charge on any atom is 0.305 e. The first kappa shape index (κ1) is 29.2. The number of imidazole rings is 1. The number of hydrogen-bond donors (Lipinski definition) is 6. The average molecular weight is 496 g/mol. The molecule has 0 spiro atoms. The lowest BCUT2D eigenvalue weighted by atomic mass is 10.0. The molecular weight excluding hydrogens is 464 g/mol. The monoisotopic (exact) mass is 495 g/mol. The van der Waals surface area contributed by atoms with E-state index in [1.807, 2.05) is 13.8 Å². The van der Waals surface area contributed by atoms with Crippen molar-refractivity contribution in [3.05, 3.63) is 18.2 Å². The first-order chi connectivity index (χ1) is 16.4. The number of hydrogen-bond acceptors (Lipinski definition) is 7. The molecule has 14 heteroatoms. The molecule has 7 N–H and O–H groups in total. The molecule has 0 aliphatic heterocycles. The van der Waals surface area contributed by atoms with Gasteiger partial charge in [0.2, 0.25) is 17.7 Å². The van der Waals surface area contributed by atoms with Crippen molar-refractivity contribution in [3.63, 3.8) is 0 Å². The van der Waals surface area contributed by atoms with Gasteiger partial charge in [-0.1, -0.05) is 13.8 Å². The fourth-order valence-corrected chi connectivity index (χ4v) is 3.09. The standard InChI is InChI=1S/C21H31N6O8/c1-11(2)5-14(22)19(33)26-15(3-4-17(29)30)20(34)27-16(6-12-8-23-10-24-12)21(35)25-13(9-28)7-18(31)32/h8-11,13-16,22H,3-7H2,1-2H3,(H,23,24)(H,25,35)(H,26,33)(H,27,34)(H,29,30)(H,31,32)/t13?,14?,15?,16-/m0/s1. The summed E-state index contributed by atoms with van der Waals surface area (Å²) in [5.41, 5.74) is 8.37. The van der Waals surface area contributed by atoms with E-state index >= 15 is 0 Å². The minimum atomic E-state index is -1.35. The highest BCUT2D eigenvalue weighted by molar-refractivity contribution is 5.94. The largest absolute Gasteiger partial charge is 0.481 e. The highest BCUT2D eigenvalue weighted by atomic mass is 16.4. The highest BCUT2D eigenvalue weighted by Crippen LogP contribution is 2.07. The zero-order valence-corrected chi connectivity index (χ0v) is 19.4. The molecule has 0 fully saturated rings. The minimum Gasteiger partial charge on any atom is -0.481 e. The van der Waals surface area contributed by atoms with Crippen LogP contribution in [0.1, 0.15) is 45.2 Å². The number of aldehydes is 1. The molecule has 1 aromatic heterocycles. The van der Waals surface area contributed by atoms with Gasteiger partial charge >= 0.3 is 11.9 Å². The maximum absolute atomic E-state index is 13.0. The van der Waals surface area contributed by atoms with Crippen LogP contribution in [-0.2, 0) is 35.2 Å². The van der Waals surface area contributed by atoms with E-state index in [-0.39, 0.29) is 31.5 Å². The summed E-state index contributed by atoms with van der Waals surface area (Å²) in [6.07, 6.45) is 1.65. The lowest BCUT2D eigenvalue weighted by molar-refractivity contribution is -0.140. The predicted molar refractivity (Wildman–Crippen MR) is 120 cm³/mol. The van der Waals surface area contributed by atoms with E-state index in [9.17, 15) is 28.8 Å². The van der Waals surface area contributed by atoms with Crippen LogP contribution >= 0.6 is 0 Å². The molecule has 1 heterocycles. The Kier molecular flexibility index (Phi) is 12.1. The van der Waals surface area contributed by atoms with Gasteiger partial charge in [-0.2, -0.15) is 0 Å². The van der Waals surface area contributed by atoms with E-state index in [1.54, 1.807) is 0 Å². The van der Waals surface area contributed by atoms with E-state index in [0.717, 1.165) is 0 Å². The topological polar surface area (TPSA) is 231 Å². The lowest BCUT2D eigenvalue weighted by Crippen LogP contribution is -2.57. The number of aromatic amines is 1. The molecule has 14 nitrogen and oxygen atoms in total. The van der Waals surface area contributed by atoms with E-state index in [4.69, 9.17) is 15.9 Å². The van der Waals surface area contributed by atoms with Gasteiger partial charge in [-0.25, -0.2) is 10.7 Å². The van der Waals surface area contributed by atoms with Crippen molar-refractivity contribution in [3.8, 4) is 0 Å². The van der Waals surface area contributed by atoms with Crippen LogP contribution in [0.2, 0.25) is 0 Å². The molecule has 193 valence electrons. The molecule has 35 heavy (non-hydrogen) atoms. The van der Waals surface area contributed by atoms with Gasteiger partial charge in [-0.3, -0.25) is 24.0 Å². The van der Waals surface area contributed by atoms with Crippen LogP contribution in [-0.4, -0.2) is 80.3 Å². The van der Waals surface area contributed by atoms with Gasteiger partial charge in [0.05, 0.1) is 18.8 Å². The quantitative estimate of drug-likeness (QED) is 0.148. The number of nitrogens with one attached hydrogen (secondary N) is 5. The third-order valence-electron chi connectivity index (χ3n) is 4.80. The Morgan fingerprint density at radius 1 is 1.03 bits per heavy atom. The molecule has 0 aliphatic carbocycles. The maximum atomic E-state index is 13.0. The van der Waals surface area contributed by atoms with Gasteiger partial charge in [-0.05, 0) is 18.8 Å². The Bertz CT molecular complexity index is 888. The van der Waals surface area contributed by atoms with Gasteiger partial charge in [0, 0.05) is 24.7 Å². The number of H-pyrrole nitrogens is 1. The van der Waals surface area contributed by atoms with Crippen molar-refractivity contribution < 1.29 is 39.0 Å². The molecule has 3 amide bonds. The van der Waals surface area contributed by atoms with Crippen molar-refractivity contribution >= 4 is 35.9 Å². The third-order valence-corrected chi connectivity index (χ3v) is 4.80. The number of carbonyl (C=O) groups excluding carboxylic acids is 4. The summed E-state index contributed by atoms with van der Waals surface area (Å²) in [4.78, 5) is 77.8. The number of rotatable bonds is 16. The second-order valence-corrected chi connectivity index (χ2v) is 8.37. The van der Waals surface area contributed by atoms with Crippen LogP contribution in [0.4, 0.5) is 0 Å². The molecular formula is C21H31N6O8. The van der Waals surface area contributed by atoms with Gasteiger partial charge < -0.3 is 35.9 Å². The Morgan fingerprint density at radius 3 is 2.17 bits per heavy atom.